The summed E-state index contributed by atoms with van der Waals surface area (Å²) in [5.74, 6) is -0.0733. The zero-order valence-electron chi connectivity index (χ0n) is 21.2. The highest BCUT2D eigenvalue weighted by Crippen LogP contribution is 2.57. The van der Waals surface area contributed by atoms with E-state index in [1.54, 1.807) is 23.5 Å². The zero-order valence-corrected chi connectivity index (χ0v) is 22.0. The molecule has 0 radical (unpaired) electrons. The van der Waals surface area contributed by atoms with Gasteiger partial charge in [0, 0.05) is 22.4 Å². The molecule has 1 aromatic carbocycles. The standard InChI is InChI=1S/C27H37FN4O2S/c1-16(25(34)32-13-11-31(4)12-14-32)20-9-10-27(3)15-21-23(17(2)22(27)24(20)33)30-26(35-21)29-19-7-5-18(28)6-8-19/h5-8,16-17,20,22,24,33H,9-15H2,1-4H3,(H,29,30)/p+1/t16-,17-,20-,22+,24-,27-/m0/s1. The van der Waals surface area contributed by atoms with E-state index < -0.39 is 6.10 Å². The molecule has 6 atom stereocenters. The van der Waals surface area contributed by atoms with Gasteiger partial charge in [0.1, 0.15) is 5.82 Å². The largest absolute Gasteiger partial charge is 0.392 e. The van der Waals surface area contributed by atoms with Crippen LogP contribution in [0, 0.1) is 29.0 Å². The molecule has 6 nitrogen and oxygen atoms in total. The number of quaternary nitrogens is 1. The van der Waals surface area contributed by atoms with Crippen LogP contribution in [0.15, 0.2) is 24.3 Å². The maximum absolute atomic E-state index is 13.3. The first-order chi connectivity index (χ1) is 16.7. The number of nitrogens with one attached hydrogen (secondary N) is 2. The van der Waals surface area contributed by atoms with E-state index in [-0.39, 0.29) is 40.8 Å². The number of benzene rings is 1. The number of anilines is 2. The first-order valence-corrected chi connectivity index (χ1v) is 13.8. The Morgan fingerprint density at radius 3 is 2.69 bits per heavy atom. The van der Waals surface area contributed by atoms with E-state index in [9.17, 15) is 14.3 Å². The fourth-order valence-electron chi connectivity index (χ4n) is 6.84. The number of aliphatic hydroxyl groups is 1. The summed E-state index contributed by atoms with van der Waals surface area (Å²) in [5.41, 5.74) is 1.86. The third-order valence-electron chi connectivity index (χ3n) is 8.98. The summed E-state index contributed by atoms with van der Waals surface area (Å²) < 4.78 is 13.3. The van der Waals surface area contributed by atoms with Gasteiger partial charge in [0.2, 0.25) is 5.91 Å². The molecule has 2 fully saturated rings. The summed E-state index contributed by atoms with van der Waals surface area (Å²) in [6, 6.07) is 6.32. The van der Waals surface area contributed by atoms with E-state index in [1.807, 2.05) is 11.8 Å². The van der Waals surface area contributed by atoms with Gasteiger partial charge in [-0.2, -0.15) is 0 Å². The van der Waals surface area contributed by atoms with Gasteiger partial charge in [-0.1, -0.05) is 20.8 Å². The molecule has 0 spiro atoms. The van der Waals surface area contributed by atoms with E-state index in [0.29, 0.717) is 0 Å². The smallest absolute Gasteiger partial charge is 0.226 e. The zero-order chi connectivity index (χ0) is 24.9. The van der Waals surface area contributed by atoms with E-state index in [4.69, 9.17) is 4.98 Å². The Kier molecular flexibility index (Phi) is 6.66. The number of hydrogen-bond acceptors (Lipinski definition) is 5. The molecule has 3 aliphatic rings. The van der Waals surface area contributed by atoms with Crippen LogP contribution in [0.3, 0.4) is 0 Å². The lowest BCUT2D eigenvalue weighted by atomic mass is 9.53. The molecule has 1 saturated carbocycles. The van der Waals surface area contributed by atoms with Crippen molar-refractivity contribution in [1.29, 1.82) is 0 Å². The summed E-state index contributed by atoms with van der Waals surface area (Å²) in [4.78, 5) is 23.0. The Balaban J connectivity index is 1.33. The number of rotatable bonds is 4. The second-order valence-electron chi connectivity index (χ2n) is 11.4. The maximum atomic E-state index is 13.3. The van der Waals surface area contributed by atoms with Crippen LogP contribution in [0.5, 0.6) is 0 Å². The van der Waals surface area contributed by atoms with Gasteiger partial charge in [-0.3, -0.25) is 4.79 Å². The van der Waals surface area contributed by atoms with Gasteiger partial charge in [-0.05, 0) is 60.8 Å². The molecule has 3 N–H and O–H groups in total. The monoisotopic (exact) mass is 501 g/mol. The molecule has 5 rings (SSSR count). The van der Waals surface area contributed by atoms with Crippen molar-refractivity contribution < 1.29 is 19.2 Å². The minimum atomic E-state index is -0.524. The molecule has 1 saturated heterocycles. The molecule has 0 unspecified atom stereocenters. The van der Waals surface area contributed by atoms with E-state index in [2.05, 4.69) is 26.2 Å². The predicted molar refractivity (Wildman–Crippen MR) is 137 cm³/mol. The fraction of sp³-hybridized carbons (Fsp3) is 0.630. The minimum Gasteiger partial charge on any atom is -0.392 e. The van der Waals surface area contributed by atoms with Crippen LogP contribution in [0.1, 0.15) is 50.1 Å². The van der Waals surface area contributed by atoms with Gasteiger partial charge >= 0.3 is 0 Å². The van der Waals surface area contributed by atoms with Gasteiger partial charge in [-0.15, -0.1) is 11.3 Å². The van der Waals surface area contributed by atoms with Crippen molar-refractivity contribution in [3.8, 4) is 0 Å². The average molecular weight is 502 g/mol. The second kappa shape index (κ2) is 9.45. The Hall–Kier alpha value is -2.03. The third-order valence-corrected chi connectivity index (χ3v) is 9.96. The Bertz CT molecular complexity index is 1070. The molecule has 0 bridgehead atoms. The summed E-state index contributed by atoms with van der Waals surface area (Å²) in [6.07, 6.45) is 2.26. The second-order valence-corrected chi connectivity index (χ2v) is 12.5. The molecule has 2 aliphatic carbocycles. The number of amides is 1. The highest BCUT2D eigenvalue weighted by molar-refractivity contribution is 7.15. The number of carbonyl (C=O) groups is 1. The Morgan fingerprint density at radius 2 is 2.00 bits per heavy atom. The van der Waals surface area contributed by atoms with E-state index in [1.165, 1.54) is 21.9 Å². The van der Waals surface area contributed by atoms with Crippen molar-refractivity contribution in [1.82, 2.24) is 9.88 Å². The number of carbonyl (C=O) groups excluding carboxylic acids is 1. The molecular formula is C27H38FN4O2S+. The lowest BCUT2D eigenvalue weighted by molar-refractivity contribution is -0.883. The number of fused-ring (bicyclic) bond motifs is 2. The van der Waals surface area contributed by atoms with Gasteiger partial charge in [0.05, 0.1) is 45.0 Å². The van der Waals surface area contributed by atoms with E-state index in [0.717, 1.165) is 62.0 Å². The first kappa shape index (κ1) is 24.7. The van der Waals surface area contributed by atoms with Crippen LogP contribution in [-0.2, 0) is 11.2 Å². The summed E-state index contributed by atoms with van der Waals surface area (Å²) in [5, 5.41) is 15.8. The molecule has 1 aromatic heterocycles. The van der Waals surface area contributed by atoms with Crippen LogP contribution >= 0.6 is 11.3 Å². The molecule has 190 valence electrons. The molecule has 35 heavy (non-hydrogen) atoms. The molecule has 1 aliphatic heterocycles. The Labute approximate surface area is 211 Å². The Morgan fingerprint density at radius 1 is 1.31 bits per heavy atom. The van der Waals surface area contributed by atoms with Crippen molar-refractivity contribution in [2.45, 2.75) is 52.1 Å². The average Bonchev–Trinajstić information content (AvgIpc) is 3.22. The molecule has 8 heteroatoms. The van der Waals surface area contributed by atoms with E-state index >= 15 is 0 Å². The van der Waals surface area contributed by atoms with Crippen molar-refractivity contribution >= 4 is 28.1 Å². The quantitative estimate of drug-likeness (QED) is 0.602. The number of aliphatic hydroxyl groups excluding tert-OH is 1. The van der Waals surface area contributed by atoms with Crippen LogP contribution < -0.4 is 10.2 Å². The lowest BCUT2D eigenvalue weighted by Gasteiger charge is -2.53. The number of thiazole rings is 1. The number of hydrogen-bond donors (Lipinski definition) is 3. The molecule has 2 heterocycles. The summed E-state index contributed by atoms with van der Waals surface area (Å²) in [7, 11) is 2.18. The fourth-order valence-corrected chi connectivity index (χ4v) is 8.12. The van der Waals surface area contributed by atoms with Crippen molar-refractivity contribution in [2.24, 2.45) is 23.2 Å². The number of piperazine rings is 1. The van der Waals surface area contributed by atoms with Crippen LogP contribution in [0.25, 0.3) is 0 Å². The highest BCUT2D eigenvalue weighted by atomic mass is 32.1. The van der Waals surface area contributed by atoms with Crippen LogP contribution in [0.2, 0.25) is 0 Å². The molecule has 2 aromatic rings. The van der Waals surface area contributed by atoms with Gasteiger partial charge in [0.15, 0.2) is 5.13 Å². The van der Waals surface area contributed by atoms with Crippen molar-refractivity contribution in [3.05, 3.63) is 40.7 Å². The van der Waals surface area contributed by atoms with Gasteiger partial charge in [0.25, 0.3) is 0 Å². The third kappa shape index (κ3) is 4.60. The van der Waals surface area contributed by atoms with Gasteiger partial charge in [-0.25, -0.2) is 9.37 Å². The summed E-state index contributed by atoms with van der Waals surface area (Å²) in [6.45, 7) is 10.1. The molecule has 1 amide bonds. The number of halogens is 1. The summed E-state index contributed by atoms with van der Waals surface area (Å²) >= 11 is 1.66. The highest BCUT2D eigenvalue weighted by Gasteiger charge is 2.54. The van der Waals surface area contributed by atoms with Crippen LogP contribution in [0.4, 0.5) is 15.2 Å². The SMILES string of the molecule is C[C@H](C(=O)N1CC[NH+](C)CC1)[C@@H]1CC[C@@]2(C)Cc3sc(Nc4ccc(F)cc4)nc3[C@@H](C)[C@@H]2[C@H]1O. The maximum Gasteiger partial charge on any atom is 0.226 e. The van der Waals surface area contributed by atoms with Gasteiger partial charge < -0.3 is 20.2 Å². The van der Waals surface area contributed by atoms with Crippen LogP contribution in [-0.4, -0.2) is 60.2 Å². The topological polar surface area (TPSA) is 69.9 Å². The number of aromatic nitrogens is 1. The molecular weight excluding hydrogens is 463 g/mol. The first-order valence-electron chi connectivity index (χ1n) is 13.0. The van der Waals surface area contributed by atoms with Crippen molar-refractivity contribution in [3.63, 3.8) is 0 Å². The number of likely N-dealkylation sites (N-methyl/N-ethyl adjacent to an activating group) is 1. The van der Waals surface area contributed by atoms with Crippen molar-refractivity contribution in [2.75, 3.05) is 38.5 Å². The normalized spacial score (nSPS) is 32.0. The number of nitrogens with zero attached hydrogens (tertiary/aromatic N) is 2. The predicted octanol–water partition coefficient (Wildman–Crippen LogP) is 3.07. The minimum absolute atomic E-state index is 0.0119. The lowest BCUT2D eigenvalue weighted by Crippen LogP contribution is -3.12.